The van der Waals surface area contributed by atoms with Crippen molar-refractivity contribution >= 4 is 22.4 Å². The highest BCUT2D eigenvalue weighted by atomic mass is 32.1. The average Bonchev–Trinajstić information content (AvgIpc) is 2.77. The lowest BCUT2D eigenvalue weighted by Crippen LogP contribution is -2.33. The van der Waals surface area contributed by atoms with Crippen LogP contribution in [0.1, 0.15) is 50.3 Å². The molecule has 2 N–H and O–H groups in total. The summed E-state index contributed by atoms with van der Waals surface area (Å²) in [7, 11) is 0. The molecule has 0 aromatic carbocycles. The van der Waals surface area contributed by atoms with Crippen LogP contribution >= 0.6 is 11.3 Å². The highest BCUT2D eigenvalue weighted by molar-refractivity contribution is 7.17. The maximum absolute atomic E-state index is 11.9. The van der Waals surface area contributed by atoms with E-state index in [9.17, 15) is 4.79 Å². The fourth-order valence-electron chi connectivity index (χ4n) is 1.65. The third-order valence-electron chi connectivity index (χ3n) is 2.78. The van der Waals surface area contributed by atoms with Gasteiger partial charge in [0.25, 0.3) is 5.91 Å². The molecular weight excluding hydrogens is 248 g/mol. The molecule has 1 amide bonds. The molecule has 0 bridgehead atoms. The van der Waals surface area contributed by atoms with Crippen LogP contribution in [0.2, 0.25) is 0 Å². The van der Waals surface area contributed by atoms with Gasteiger partial charge in [0.15, 0.2) is 0 Å². The van der Waals surface area contributed by atoms with Gasteiger partial charge in [-0.15, -0.1) is 10.2 Å². The molecule has 18 heavy (non-hydrogen) atoms. The summed E-state index contributed by atoms with van der Waals surface area (Å²) >= 11 is 1.29. The van der Waals surface area contributed by atoms with Gasteiger partial charge in [0, 0.05) is 12.6 Å². The Bertz CT molecular complexity index is 380. The van der Waals surface area contributed by atoms with Crippen molar-refractivity contribution in [1.29, 1.82) is 0 Å². The van der Waals surface area contributed by atoms with Crippen LogP contribution in [0, 0.1) is 5.92 Å². The van der Waals surface area contributed by atoms with E-state index in [1.807, 2.05) is 13.8 Å². The first-order chi connectivity index (χ1) is 8.56. The second-order valence-corrected chi connectivity index (χ2v) is 5.54. The summed E-state index contributed by atoms with van der Waals surface area (Å²) in [5, 5.41) is 14.9. The van der Waals surface area contributed by atoms with Gasteiger partial charge in [-0.1, -0.05) is 31.6 Å². The Morgan fingerprint density at radius 3 is 2.67 bits per heavy atom. The van der Waals surface area contributed by atoms with E-state index in [1.165, 1.54) is 11.3 Å². The van der Waals surface area contributed by atoms with Crippen LogP contribution in [0.3, 0.4) is 0 Å². The van der Waals surface area contributed by atoms with Crippen LogP contribution in [0.15, 0.2) is 0 Å². The summed E-state index contributed by atoms with van der Waals surface area (Å²) in [4.78, 5) is 11.9. The Kier molecular flexibility index (Phi) is 6.04. The zero-order chi connectivity index (χ0) is 13.5. The lowest BCUT2D eigenvalue weighted by atomic mass is 10.0. The Labute approximate surface area is 112 Å². The van der Waals surface area contributed by atoms with Gasteiger partial charge in [0.1, 0.15) is 0 Å². The van der Waals surface area contributed by atoms with Crippen molar-refractivity contribution in [3.8, 4) is 0 Å². The number of rotatable bonds is 7. The van der Waals surface area contributed by atoms with Crippen molar-refractivity contribution in [2.45, 2.75) is 46.6 Å². The minimum Gasteiger partial charge on any atom is -0.360 e. The molecule has 0 radical (unpaired) electrons. The summed E-state index contributed by atoms with van der Waals surface area (Å²) in [6.07, 6.45) is 2.12. The van der Waals surface area contributed by atoms with Crippen LogP contribution in [0.25, 0.3) is 0 Å². The second kappa shape index (κ2) is 7.31. The first kappa shape index (κ1) is 14.9. The van der Waals surface area contributed by atoms with E-state index in [0.717, 1.165) is 19.4 Å². The largest absolute Gasteiger partial charge is 0.360 e. The third-order valence-corrected chi connectivity index (χ3v) is 3.66. The molecule has 5 nitrogen and oxygen atoms in total. The lowest BCUT2D eigenvalue weighted by Gasteiger charge is -2.16. The quantitative estimate of drug-likeness (QED) is 0.799. The van der Waals surface area contributed by atoms with Gasteiger partial charge in [-0.2, -0.15) is 0 Å². The molecule has 1 aromatic heterocycles. The van der Waals surface area contributed by atoms with E-state index in [1.54, 1.807) is 0 Å². The first-order valence-electron chi connectivity index (χ1n) is 6.45. The van der Waals surface area contributed by atoms with Gasteiger partial charge in [0.2, 0.25) is 10.1 Å². The number of aromatic nitrogens is 2. The van der Waals surface area contributed by atoms with Crippen molar-refractivity contribution in [2.75, 3.05) is 11.9 Å². The highest BCUT2D eigenvalue weighted by Gasteiger charge is 2.16. The van der Waals surface area contributed by atoms with Crippen molar-refractivity contribution in [1.82, 2.24) is 15.5 Å². The van der Waals surface area contributed by atoms with Crippen molar-refractivity contribution < 1.29 is 4.79 Å². The minimum absolute atomic E-state index is 0.132. The summed E-state index contributed by atoms with van der Waals surface area (Å²) in [5.74, 6) is 0.486. The molecule has 6 heteroatoms. The van der Waals surface area contributed by atoms with Crippen molar-refractivity contribution in [3.63, 3.8) is 0 Å². The van der Waals surface area contributed by atoms with Crippen LogP contribution in [-0.2, 0) is 0 Å². The maximum Gasteiger partial charge on any atom is 0.282 e. The van der Waals surface area contributed by atoms with Gasteiger partial charge in [-0.25, -0.2) is 0 Å². The number of amides is 1. The maximum atomic E-state index is 11.9. The van der Waals surface area contributed by atoms with E-state index in [4.69, 9.17) is 0 Å². The number of nitrogens with one attached hydrogen (secondary N) is 2. The fourth-order valence-corrected chi connectivity index (χ4v) is 2.37. The van der Waals surface area contributed by atoms with E-state index < -0.39 is 0 Å². The molecule has 0 spiro atoms. The highest BCUT2D eigenvalue weighted by Crippen LogP contribution is 2.15. The number of hydrogen-bond acceptors (Lipinski definition) is 5. The van der Waals surface area contributed by atoms with Crippen molar-refractivity contribution in [2.24, 2.45) is 5.92 Å². The zero-order valence-electron chi connectivity index (χ0n) is 11.5. The molecule has 0 aliphatic heterocycles. The van der Waals surface area contributed by atoms with Crippen LogP contribution in [-0.4, -0.2) is 28.7 Å². The molecule has 0 saturated heterocycles. The molecule has 0 fully saturated rings. The summed E-state index contributed by atoms with van der Waals surface area (Å²) < 4.78 is 0. The van der Waals surface area contributed by atoms with E-state index >= 15 is 0 Å². The van der Waals surface area contributed by atoms with Crippen LogP contribution < -0.4 is 10.6 Å². The predicted molar refractivity (Wildman–Crippen MR) is 75.1 cm³/mol. The standard InChI is InChI=1S/C12H22N4OS/c1-5-8(3)7-9(4)14-10(17)11-15-16-12(18-11)13-6-2/h8-9H,5-7H2,1-4H3,(H,13,16)(H,14,17). The molecule has 1 rings (SSSR count). The minimum atomic E-state index is -0.132. The van der Waals surface area contributed by atoms with E-state index in [2.05, 4.69) is 34.7 Å². The van der Waals surface area contributed by atoms with Crippen molar-refractivity contribution in [3.05, 3.63) is 5.01 Å². The van der Waals surface area contributed by atoms with Crippen LogP contribution in [0.4, 0.5) is 5.13 Å². The molecule has 0 aliphatic carbocycles. The molecule has 1 aromatic rings. The van der Waals surface area contributed by atoms with Gasteiger partial charge in [-0.05, 0) is 26.2 Å². The predicted octanol–water partition coefficient (Wildman–Crippen LogP) is 2.52. The SMILES string of the molecule is CCNc1nnc(C(=O)NC(C)CC(C)CC)s1. The summed E-state index contributed by atoms with van der Waals surface area (Å²) in [5.41, 5.74) is 0. The lowest BCUT2D eigenvalue weighted by molar-refractivity contribution is 0.0934. The molecule has 102 valence electrons. The second-order valence-electron chi connectivity index (χ2n) is 4.57. The Balaban J connectivity index is 2.48. The Hall–Kier alpha value is -1.17. The van der Waals surface area contributed by atoms with Gasteiger partial charge < -0.3 is 10.6 Å². The first-order valence-corrected chi connectivity index (χ1v) is 7.26. The smallest absolute Gasteiger partial charge is 0.282 e. The summed E-state index contributed by atoms with van der Waals surface area (Å²) in [6, 6.07) is 0.166. The summed E-state index contributed by atoms with van der Waals surface area (Å²) in [6.45, 7) is 9.13. The topological polar surface area (TPSA) is 66.9 Å². The monoisotopic (exact) mass is 270 g/mol. The van der Waals surface area contributed by atoms with Gasteiger partial charge in [-0.3, -0.25) is 4.79 Å². The molecular formula is C12H22N4OS. The number of carbonyl (C=O) groups excluding carboxylic acids is 1. The number of anilines is 1. The molecule has 2 atom stereocenters. The van der Waals surface area contributed by atoms with Gasteiger partial charge in [0.05, 0.1) is 0 Å². The van der Waals surface area contributed by atoms with E-state index in [0.29, 0.717) is 16.1 Å². The zero-order valence-corrected chi connectivity index (χ0v) is 12.3. The molecule has 0 saturated carbocycles. The molecule has 2 unspecified atom stereocenters. The Morgan fingerprint density at radius 2 is 2.06 bits per heavy atom. The molecule has 1 heterocycles. The third kappa shape index (κ3) is 4.60. The molecule has 0 aliphatic rings. The normalized spacial score (nSPS) is 14.0. The number of carbonyl (C=O) groups is 1. The van der Waals surface area contributed by atoms with Gasteiger partial charge >= 0.3 is 0 Å². The number of nitrogens with zero attached hydrogens (tertiary/aromatic N) is 2. The Morgan fingerprint density at radius 1 is 1.33 bits per heavy atom. The fraction of sp³-hybridized carbons (Fsp3) is 0.750. The van der Waals surface area contributed by atoms with E-state index in [-0.39, 0.29) is 11.9 Å². The number of hydrogen-bond donors (Lipinski definition) is 2. The average molecular weight is 270 g/mol. The van der Waals surface area contributed by atoms with Crippen LogP contribution in [0.5, 0.6) is 0 Å².